The number of likely N-dealkylation sites (N-methyl/N-ethyl adjacent to an activating group) is 1. The molecule has 116 valence electrons. The molecule has 1 aromatic carbocycles. The third-order valence-corrected chi connectivity index (χ3v) is 3.82. The van der Waals surface area contributed by atoms with E-state index in [1.165, 1.54) is 0 Å². The SMILES string of the molecule is COc1ccc(C)cc1NC(=O)CN(C)CC1CC(O)C1. The molecule has 2 N–H and O–H groups in total. The van der Waals surface area contributed by atoms with Gasteiger partial charge in [0.15, 0.2) is 0 Å². The van der Waals surface area contributed by atoms with Crippen molar-refractivity contribution in [1.82, 2.24) is 4.90 Å². The van der Waals surface area contributed by atoms with Gasteiger partial charge < -0.3 is 15.2 Å². The van der Waals surface area contributed by atoms with Crippen LogP contribution in [0.15, 0.2) is 18.2 Å². The highest BCUT2D eigenvalue weighted by Crippen LogP contribution is 2.28. The molecule has 1 fully saturated rings. The van der Waals surface area contributed by atoms with Gasteiger partial charge in [-0.3, -0.25) is 9.69 Å². The lowest BCUT2D eigenvalue weighted by molar-refractivity contribution is -0.117. The van der Waals surface area contributed by atoms with Crippen molar-refractivity contribution < 1.29 is 14.6 Å². The molecular formula is C16H24N2O3. The fraction of sp³-hybridized carbons (Fsp3) is 0.562. The molecular weight excluding hydrogens is 268 g/mol. The maximum atomic E-state index is 12.1. The number of methoxy groups -OCH3 is 1. The van der Waals surface area contributed by atoms with Crippen LogP contribution in [0.1, 0.15) is 18.4 Å². The molecule has 0 spiro atoms. The van der Waals surface area contributed by atoms with Crippen LogP contribution < -0.4 is 10.1 Å². The minimum absolute atomic E-state index is 0.0544. The van der Waals surface area contributed by atoms with Gasteiger partial charge in [-0.2, -0.15) is 0 Å². The first-order valence-electron chi connectivity index (χ1n) is 7.29. The molecule has 0 atom stereocenters. The average Bonchev–Trinajstić information content (AvgIpc) is 2.37. The zero-order valence-electron chi connectivity index (χ0n) is 12.9. The lowest BCUT2D eigenvalue weighted by Crippen LogP contribution is -2.39. The molecule has 5 heteroatoms. The molecule has 21 heavy (non-hydrogen) atoms. The smallest absolute Gasteiger partial charge is 0.238 e. The van der Waals surface area contributed by atoms with Gasteiger partial charge in [-0.15, -0.1) is 0 Å². The molecule has 0 heterocycles. The second-order valence-electron chi connectivity index (χ2n) is 5.94. The van der Waals surface area contributed by atoms with E-state index < -0.39 is 0 Å². The van der Waals surface area contributed by atoms with Crippen LogP contribution in [-0.2, 0) is 4.79 Å². The largest absolute Gasteiger partial charge is 0.495 e. The lowest BCUT2D eigenvalue weighted by Gasteiger charge is -2.34. The predicted octanol–water partition coefficient (Wildman–Crippen LogP) is 1.64. The van der Waals surface area contributed by atoms with Crippen molar-refractivity contribution in [2.24, 2.45) is 5.92 Å². The number of aliphatic hydroxyl groups excluding tert-OH is 1. The number of carbonyl (C=O) groups is 1. The van der Waals surface area contributed by atoms with Crippen LogP contribution in [-0.4, -0.2) is 49.3 Å². The first-order chi connectivity index (χ1) is 9.97. The van der Waals surface area contributed by atoms with Crippen LogP contribution in [0.4, 0.5) is 5.69 Å². The number of aliphatic hydroxyl groups is 1. The Balaban J connectivity index is 1.85. The van der Waals surface area contributed by atoms with Crippen LogP contribution >= 0.6 is 0 Å². The number of anilines is 1. The number of benzene rings is 1. The second kappa shape index (κ2) is 6.91. The van der Waals surface area contributed by atoms with Crippen molar-refractivity contribution in [3.05, 3.63) is 23.8 Å². The van der Waals surface area contributed by atoms with E-state index in [0.29, 0.717) is 23.9 Å². The minimum Gasteiger partial charge on any atom is -0.495 e. The third kappa shape index (κ3) is 4.44. The summed E-state index contributed by atoms with van der Waals surface area (Å²) in [5.74, 6) is 1.12. The van der Waals surface area contributed by atoms with E-state index in [9.17, 15) is 9.90 Å². The quantitative estimate of drug-likeness (QED) is 0.837. The second-order valence-corrected chi connectivity index (χ2v) is 5.94. The Labute approximate surface area is 125 Å². The molecule has 0 aromatic heterocycles. The predicted molar refractivity (Wildman–Crippen MR) is 82.6 cm³/mol. The molecule has 1 aromatic rings. The zero-order valence-corrected chi connectivity index (χ0v) is 12.9. The molecule has 1 aliphatic rings. The van der Waals surface area contributed by atoms with E-state index in [0.717, 1.165) is 24.9 Å². The van der Waals surface area contributed by atoms with Crippen molar-refractivity contribution in [3.8, 4) is 5.75 Å². The van der Waals surface area contributed by atoms with Gasteiger partial charge in [0.05, 0.1) is 25.4 Å². The summed E-state index contributed by atoms with van der Waals surface area (Å²) in [7, 11) is 3.52. The monoisotopic (exact) mass is 292 g/mol. The lowest BCUT2D eigenvalue weighted by atomic mass is 9.82. The van der Waals surface area contributed by atoms with Gasteiger partial charge in [-0.1, -0.05) is 6.07 Å². The Hall–Kier alpha value is -1.59. The summed E-state index contributed by atoms with van der Waals surface area (Å²) in [5.41, 5.74) is 1.78. The Morgan fingerprint density at radius 1 is 1.48 bits per heavy atom. The maximum absolute atomic E-state index is 12.1. The number of carbonyl (C=O) groups excluding carboxylic acids is 1. The molecule has 0 bridgehead atoms. The topological polar surface area (TPSA) is 61.8 Å². The summed E-state index contributed by atoms with van der Waals surface area (Å²) < 4.78 is 5.25. The molecule has 0 aliphatic heterocycles. The van der Waals surface area contributed by atoms with E-state index in [2.05, 4.69) is 5.32 Å². The highest BCUT2D eigenvalue weighted by atomic mass is 16.5. The van der Waals surface area contributed by atoms with Crippen LogP contribution in [0.25, 0.3) is 0 Å². The van der Waals surface area contributed by atoms with Gasteiger partial charge in [0, 0.05) is 6.54 Å². The zero-order chi connectivity index (χ0) is 15.4. The number of nitrogens with one attached hydrogen (secondary N) is 1. The molecule has 0 unspecified atom stereocenters. The van der Waals surface area contributed by atoms with Crippen molar-refractivity contribution in [1.29, 1.82) is 0 Å². The number of hydrogen-bond acceptors (Lipinski definition) is 4. The van der Waals surface area contributed by atoms with Gasteiger partial charge in [-0.05, 0) is 50.4 Å². The normalized spacial score (nSPS) is 21.0. The van der Waals surface area contributed by atoms with Gasteiger partial charge in [-0.25, -0.2) is 0 Å². The van der Waals surface area contributed by atoms with Crippen LogP contribution in [0, 0.1) is 12.8 Å². The Bertz CT molecular complexity index is 498. The standard InChI is InChI=1S/C16H24N2O3/c1-11-4-5-15(21-3)14(6-11)17-16(20)10-18(2)9-12-7-13(19)8-12/h4-6,12-13,19H,7-10H2,1-3H3,(H,17,20). The first kappa shape index (κ1) is 15.8. The number of rotatable bonds is 6. The van der Waals surface area contributed by atoms with Crippen molar-refractivity contribution >= 4 is 11.6 Å². The van der Waals surface area contributed by atoms with E-state index in [1.807, 2.05) is 37.1 Å². The molecule has 1 amide bonds. The van der Waals surface area contributed by atoms with Crippen LogP contribution in [0.2, 0.25) is 0 Å². The number of aryl methyl sites for hydroxylation is 1. The highest BCUT2D eigenvalue weighted by Gasteiger charge is 2.28. The van der Waals surface area contributed by atoms with Crippen molar-refractivity contribution in [3.63, 3.8) is 0 Å². The molecule has 1 saturated carbocycles. The van der Waals surface area contributed by atoms with Crippen LogP contribution in [0.5, 0.6) is 5.75 Å². The molecule has 5 nitrogen and oxygen atoms in total. The molecule has 2 rings (SSSR count). The number of hydrogen-bond donors (Lipinski definition) is 2. The van der Waals surface area contributed by atoms with Gasteiger partial charge in [0.2, 0.25) is 5.91 Å². The average molecular weight is 292 g/mol. The Morgan fingerprint density at radius 2 is 2.19 bits per heavy atom. The van der Waals surface area contributed by atoms with Gasteiger partial charge in [0.25, 0.3) is 0 Å². The van der Waals surface area contributed by atoms with Gasteiger partial charge in [0.1, 0.15) is 5.75 Å². The van der Waals surface area contributed by atoms with Gasteiger partial charge >= 0.3 is 0 Å². The van der Waals surface area contributed by atoms with Crippen molar-refractivity contribution in [2.75, 3.05) is 32.6 Å². The third-order valence-electron chi connectivity index (χ3n) is 3.82. The summed E-state index contributed by atoms with van der Waals surface area (Å²) >= 11 is 0. The van der Waals surface area contributed by atoms with E-state index in [1.54, 1.807) is 7.11 Å². The molecule has 1 aliphatic carbocycles. The van der Waals surface area contributed by atoms with E-state index in [-0.39, 0.29) is 12.0 Å². The fourth-order valence-corrected chi connectivity index (χ4v) is 2.71. The summed E-state index contributed by atoms with van der Waals surface area (Å²) in [6, 6.07) is 5.70. The summed E-state index contributed by atoms with van der Waals surface area (Å²) in [6.07, 6.45) is 1.55. The highest BCUT2D eigenvalue weighted by molar-refractivity contribution is 5.93. The Morgan fingerprint density at radius 3 is 2.81 bits per heavy atom. The van der Waals surface area contributed by atoms with Crippen LogP contribution in [0.3, 0.4) is 0 Å². The number of ether oxygens (including phenoxy) is 1. The summed E-state index contributed by atoms with van der Waals surface area (Å²) in [5, 5.41) is 12.2. The molecule has 0 radical (unpaired) electrons. The van der Waals surface area contributed by atoms with Crippen molar-refractivity contribution in [2.45, 2.75) is 25.9 Å². The number of amides is 1. The minimum atomic E-state index is -0.145. The fourth-order valence-electron chi connectivity index (χ4n) is 2.71. The summed E-state index contributed by atoms with van der Waals surface area (Å²) in [4.78, 5) is 14.1. The number of nitrogens with zero attached hydrogens (tertiary/aromatic N) is 1. The Kier molecular flexibility index (Phi) is 5.20. The van der Waals surface area contributed by atoms with E-state index >= 15 is 0 Å². The maximum Gasteiger partial charge on any atom is 0.238 e. The first-order valence-corrected chi connectivity index (χ1v) is 7.29. The summed E-state index contributed by atoms with van der Waals surface area (Å²) in [6.45, 7) is 3.16. The van der Waals surface area contributed by atoms with E-state index in [4.69, 9.17) is 4.74 Å². The molecule has 0 saturated heterocycles.